The zero-order chi connectivity index (χ0) is 24.0. The quantitative estimate of drug-likeness (QED) is 0.500. The number of ketones is 1. The molecule has 0 fully saturated rings. The van der Waals surface area contributed by atoms with Crippen LogP contribution >= 0.6 is 0 Å². The number of pyridine rings is 1. The minimum absolute atomic E-state index is 0.0505. The number of para-hydroxylation sites is 1. The lowest BCUT2D eigenvalue weighted by Crippen LogP contribution is -2.28. The molecule has 0 aliphatic carbocycles. The van der Waals surface area contributed by atoms with E-state index in [2.05, 4.69) is 0 Å². The summed E-state index contributed by atoms with van der Waals surface area (Å²) in [6.45, 7) is 1.17. The van der Waals surface area contributed by atoms with E-state index in [1.54, 1.807) is 36.4 Å². The first-order valence-electron chi connectivity index (χ1n) is 10.2. The van der Waals surface area contributed by atoms with E-state index in [1.165, 1.54) is 21.1 Å². The van der Waals surface area contributed by atoms with Crippen molar-refractivity contribution in [1.29, 1.82) is 5.26 Å². The van der Waals surface area contributed by atoms with Crippen molar-refractivity contribution in [1.82, 2.24) is 4.57 Å². The molecule has 2 aromatic carbocycles. The van der Waals surface area contributed by atoms with Gasteiger partial charge in [0.2, 0.25) is 11.7 Å². The molecule has 0 saturated carbocycles. The largest absolute Gasteiger partial charge is 0.494 e. The van der Waals surface area contributed by atoms with Gasteiger partial charge in [-0.1, -0.05) is 24.3 Å². The zero-order valence-electron chi connectivity index (χ0n) is 18.6. The van der Waals surface area contributed by atoms with Crippen LogP contribution in [0.25, 0.3) is 0 Å². The van der Waals surface area contributed by atoms with E-state index in [0.29, 0.717) is 23.7 Å². The van der Waals surface area contributed by atoms with Crippen molar-refractivity contribution in [3.8, 4) is 29.2 Å². The van der Waals surface area contributed by atoms with Gasteiger partial charge >= 0.3 is 0 Å². The average Bonchev–Trinajstić information content (AvgIpc) is 2.83. The minimum atomic E-state index is -0.659. The molecule has 0 saturated heterocycles. The fraction of sp³-hybridized carbons (Fsp3) is 0.240. The molecule has 170 valence electrons. The Morgan fingerprint density at radius 2 is 1.79 bits per heavy atom. The Morgan fingerprint density at radius 3 is 2.42 bits per heavy atom. The SMILES string of the molecule is COc1ccc(CCn2c(O)c(C(=O)COc3ccccc3)c(C)c(C#N)c2=O)cc1OC. The molecule has 0 bridgehead atoms. The molecule has 3 aromatic rings. The van der Waals surface area contributed by atoms with E-state index < -0.39 is 17.2 Å². The fourth-order valence-electron chi connectivity index (χ4n) is 3.51. The zero-order valence-corrected chi connectivity index (χ0v) is 18.6. The van der Waals surface area contributed by atoms with Gasteiger partial charge in [0.15, 0.2) is 18.1 Å². The van der Waals surface area contributed by atoms with Crippen molar-refractivity contribution in [3.63, 3.8) is 0 Å². The number of ether oxygens (including phenoxy) is 3. The Bertz CT molecular complexity index is 1260. The van der Waals surface area contributed by atoms with Crippen LogP contribution in [0.5, 0.6) is 23.1 Å². The van der Waals surface area contributed by atoms with Crippen molar-refractivity contribution in [3.05, 3.63) is 81.1 Å². The molecule has 0 aliphatic heterocycles. The van der Waals surface area contributed by atoms with E-state index in [9.17, 15) is 20.0 Å². The number of carbonyl (C=O) groups is 1. The van der Waals surface area contributed by atoms with Crippen LogP contribution < -0.4 is 19.8 Å². The molecule has 0 radical (unpaired) electrons. The van der Waals surface area contributed by atoms with Gasteiger partial charge in [0.1, 0.15) is 17.4 Å². The molecule has 1 N–H and O–H groups in total. The second-order valence-corrected chi connectivity index (χ2v) is 7.23. The number of aromatic hydroxyl groups is 1. The Kier molecular flexibility index (Phi) is 7.36. The molecule has 0 amide bonds. The molecule has 0 spiro atoms. The average molecular weight is 448 g/mol. The second-order valence-electron chi connectivity index (χ2n) is 7.23. The van der Waals surface area contributed by atoms with Gasteiger partial charge in [0.05, 0.1) is 19.8 Å². The number of hydrogen-bond acceptors (Lipinski definition) is 7. The van der Waals surface area contributed by atoms with Crippen molar-refractivity contribution < 1.29 is 24.1 Å². The molecule has 1 aromatic heterocycles. The first kappa shape index (κ1) is 23.4. The lowest BCUT2D eigenvalue weighted by atomic mass is 10.0. The summed E-state index contributed by atoms with van der Waals surface area (Å²) in [5.74, 6) is 0.561. The van der Waals surface area contributed by atoms with Crippen LogP contribution in [0.15, 0.2) is 53.3 Å². The third-order valence-corrected chi connectivity index (χ3v) is 5.26. The van der Waals surface area contributed by atoms with Gasteiger partial charge in [-0.3, -0.25) is 14.2 Å². The molecule has 8 nitrogen and oxygen atoms in total. The lowest BCUT2D eigenvalue weighted by molar-refractivity contribution is 0.0916. The van der Waals surface area contributed by atoms with E-state index in [4.69, 9.17) is 14.2 Å². The molecule has 3 rings (SSSR count). The van der Waals surface area contributed by atoms with Crippen LogP contribution in [0.1, 0.15) is 27.0 Å². The molecular weight excluding hydrogens is 424 g/mol. The van der Waals surface area contributed by atoms with Gasteiger partial charge < -0.3 is 19.3 Å². The number of hydrogen-bond donors (Lipinski definition) is 1. The predicted molar refractivity (Wildman–Crippen MR) is 121 cm³/mol. The Balaban J connectivity index is 1.91. The standard InChI is InChI=1S/C25H24N2O6/c1-16-19(14-26)24(29)27(12-11-17-9-10-21(31-2)22(13-17)32-3)25(30)23(16)20(28)15-33-18-7-5-4-6-8-18/h4-10,13,30H,11-12,15H2,1-3H3. The highest BCUT2D eigenvalue weighted by Gasteiger charge is 2.24. The van der Waals surface area contributed by atoms with Crippen molar-refractivity contribution in [2.24, 2.45) is 0 Å². The van der Waals surface area contributed by atoms with Crippen LogP contribution in [0.3, 0.4) is 0 Å². The molecule has 0 atom stereocenters. The monoisotopic (exact) mass is 448 g/mol. The van der Waals surface area contributed by atoms with Gasteiger partial charge in [0.25, 0.3) is 5.56 Å². The predicted octanol–water partition coefficient (Wildman–Crippen LogP) is 3.26. The van der Waals surface area contributed by atoms with Gasteiger partial charge in [-0.25, -0.2) is 0 Å². The van der Waals surface area contributed by atoms with Gasteiger partial charge in [-0.2, -0.15) is 5.26 Å². The lowest BCUT2D eigenvalue weighted by Gasteiger charge is -2.16. The number of nitriles is 1. The normalized spacial score (nSPS) is 10.4. The van der Waals surface area contributed by atoms with Crippen LogP contribution in [-0.4, -0.2) is 36.3 Å². The van der Waals surface area contributed by atoms with Crippen molar-refractivity contribution in [2.45, 2.75) is 19.9 Å². The van der Waals surface area contributed by atoms with Crippen LogP contribution in [-0.2, 0) is 13.0 Å². The minimum Gasteiger partial charge on any atom is -0.494 e. The smallest absolute Gasteiger partial charge is 0.271 e. The molecule has 8 heteroatoms. The third kappa shape index (κ3) is 4.99. The first-order valence-corrected chi connectivity index (χ1v) is 10.2. The van der Waals surface area contributed by atoms with Crippen LogP contribution in [0.2, 0.25) is 0 Å². The molecule has 0 unspecified atom stereocenters. The highest BCUT2D eigenvalue weighted by atomic mass is 16.5. The first-order chi connectivity index (χ1) is 15.9. The molecule has 1 heterocycles. The van der Waals surface area contributed by atoms with Gasteiger partial charge in [-0.05, 0) is 48.7 Å². The number of benzene rings is 2. The van der Waals surface area contributed by atoms with Crippen molar-refractivity contribution in [2.75, 3.05) is 20.8 Å². The topological polar surface area (TPSA) is 111 Å². The number of rotatable bonds is 9. The number of carbonyl (C=O) groups excluding carboxylic acids is 1. The summed E-state index contributed by atoms with van der Waals surface area (Å²) >= 11 is 0. The summed E-state index contributed by atoms with van der Waals surface area (Å²) in [5, 5.41) is 20.4. The van der Waals surface area contributed by atoms with E-state index >= 15 is 0 Å². The van der Waals surface area contributed by atoms with E-state index in [0.717, 1.165) is 10.1 Å². The third-order valence-electron chi connectivity index (χ3n) is 5.26. The summed E-state index contributed by atoms with van der Waals surface area (Å²) < 4.78 is 17.1. The van der Waals surface area contributed by atoms with Crippen molar-refractivity contribution >= 4 is 5.78 Å². The maximum absolute atomic E-state index is 12.9. The van der Waals surface area contributed by atoms with Gasteiger partial charge in [-0.15, -0.1) is 0 Å². The van der Waals surface area contributed by atoms with Crippen LogP contribution in [0.4, 0.5) is 0 Å². The number of methoxy groups -OCH3 is 2. The van der Waals surface area contributed by atoms with Gasteiger partial charge in [0, 0.05) is 6.54 Å². The van der Waals surface area contributed by atoms with E-state index in [1.807, 2.05) is 18.2 Å². The highest BCUT2D eigenvalue weighted by Crippen LogP contribution is 2.28. The summed E-state index contributed by atoms with van der Waals surface area (Å²) in [6, 6.07) is 15.9. The molecule has 0 aliphatic rings. The fourth-order valence-corrected chi connectivity index (χ4v) is 3.51. The summed E-state index contributed by atoms with van der Waals surface area (Å²) in [7, 11) is 3.05. The Morgan fingerprint density at radius 1 is 1.09 bits per heavy atom. The molecule has 33 heavy (non-hydrogen) atoms. The second kappa shape index (κ2) is 10.4. The Hall–Kier alpha value is -4.25. The molecular formula is C25H24N2O6. The summed E-state index contributed by atoms with van der Waals surface area (Å²) in [5.41, 5.74) is -0.00609. The maximum Gasteiger partial charge on any atom is 0.271 e. The summed E-state index contributed by atoms with van der Waals surface area (Å²) in [6.07, 6.45) is 0.343. The van der Waals surface area contributed by atoms with E-state index in [-0.39, 0.29) is 29.8 Å². The summed E-state index contributed by atoms with van der Waals surface area (Å²) in [4.78, 5) is 25.7. The van der Waals surface area contributed by atoms with Crippen LogP contribution in [0, 0.1) is 18.3 Å². The number of aryl methyl sites for hydroxylation is 1. The highest BCUT2D eigenvalue weighted by molar-refractivity contribution is 6.01. The maximum atomic E-state index is 12.9. The number of Topliss-reactive ketones (excluding diaryl/α,β-unsaturated/α-hetero) is 1. The Labute approximate surface area is 191 Å². The number of aromatic nitrogens is 1. The number of nitrogens with zero attached hydrogens (tertiary/aromatic N) is 2.